The predicted molar refractivity (Wildman–Crippen MR) is 40.7 cm³/mol. The summed E-state index contributed by atoms with van der Waals surface area (Å²) in [6, 6.07) is 1.87. The number of pyridine rings is 1. The van der Waals surface area contributed by atoms with E-state index in [2.05, 4.69) is 11.6 Å². The maximum absolute atomic E-state index is 6.50. The molecule has 0 radical (unpaired) electrons. The smallest absolute Gasteiger partial charge is 0.0591 e. The SMILES string of the molecule is C#N.Cc1cncc(Cl)c1. The van der Waals surface area contributed by atoms with Gasteiger partial charge in [0.15, 0.2) is 0 Å². The Kier molecular flexibility index (Phi) is 4.26. The molecular formula is C7H7ClN2. The van der Waals surface area contributed by atoms with Crippen molar-refractivity contribution in [3.8, 4) is 6.57 Å². The average Bonchev–Trinajstić information content (AvgIpc) is 1.91. The highest BCUT2D eigenvalue weighted by molar-refractivity contribution is 6.30. The van der Waals surface area contributed by atoms with Gasteiger partial charge in [0.1, 0.15) is 0 Å². The van der Waals surface area contributed by atoms with Crippen molar-refractivity contribution in [2.24, 2.45) is 0 Å². The summed E-state index contributed by atoms with van der Waals surface area (Å²) < 4.78 is 0. The molecule has 0 atom stereocenters. The predicted octanol–water partition coefficient (Wildman–Crippen LogP) is 2.18. The lowest BCUT2D eigenvalue weighted by Crippen LogP contribution is -1.73. The van der Waals surface area contributed by atoms with Gasteiger partial charge >= 0.3 is 0 Å². The zero-order chi connectivity index (χ0) is 7.98. The van der Waals surface area contributed by atoms with E-state index in [9.17, 15) is 0 Å². The van der Waals surface area contributed by atoms with E-state index in [1.807, 2.05) is 13.0 Å². The molecule has 0 aliphatic rings. The van der Waals surface area contributed by atoms with Gasteiger partial charge < -0.3 is 0 Å². The maximum Gasteiger partial charge on any atom is 0.0591 e. The first-order valence-electron chi connectivity index (χ1n) is 2.62. The molecule has 0 aliphatic carbocycles. The van der Waals surface area contributed by atoms with Crippen molar-refractivity contribution in [3.05, 3.63) is 29.0 Å². The minimum absolute atomic E-state index is 0.699. The Labute approximate surface area is 65.1 Å². The summed E-state index contributed by atoms with van der Waals surface area (Å²) in [5.74, 6) is 0. The summed E-state index contributed by atoms with van der Waals surface area (Å²) >= 11 is 5.58. The summed E-state index contributed by atoms with van der Waals surface area (Å²) in [4.78, 5) is 3.85. The third-order valence-electron chi connectivity index (χ3n) is 0.842. The minimum atomic E-state index is 0.699. The number of hydrogen-bond donors (Lipinski definition) is 0. The second-order valence-corrected chi connectivity index (χ2v) is 2.12. The maximum atomic E-state index is 6.50. The zero-order valence-electron chi connectivity index (χ0n) is 5.58. The van der Waals surface area contributed by atoms with Crippen molar-refractivity contribution < 1.29 is 0 Å². The van der Waals surface area contributed by atoms with E-state index in [0.717, 1.165) is 5.56 Å². The van der Waals surface area contributed by atoms with Crippen LogP contribution in [0.4, 0.5) is 0 Å². The molecule has 0 spiro atoms. The quantitative estimate of drug-likeness (QED) is 0.575. The van der Waals surface area contributed by atoms with E-state index in [1.165, 1.54) is 0 Å². The van der Waals surface area contributed by atoms with Crippen molar-refractivity contribution in [1.29, 1.82) is 5.26 Å². The molecule has 0 fully saturated rings. The van der Waals surface area contributed by atoms with Crippen molar-refractivity contribution >= 4 is 11.6 Å². The van der Waals surface area contributed by atoms with Crippen LogP contribution in [0.2, 0.25) is 5.02 Å². The molecule has 0 bridgehead atoms. The van der Waals surface area contributed by atoms with E-state index in [0.29, 0.717) is 5.02 Å². The van der Waals surface area contributed by atoms with Crippen LogP contribution < -0.4 is 0 Å². The van der Waals surface area contributed by atoms with Crippen LogP contribution in [-0.2, 0) is 0 Å². The minimum Gasteiger partial charge on any atom is -0.263 e. The molecule has 0 saturated heterocycles. The van der Waals surface area contributed by atoms with Crippen molar-refractivity contribution in [2.45, 2.75) is 6.92 Å². The van der Waals surface area contributed by atoms with Crippen LogP contribution in [0.3, 0.4) is 0 Å². The first-order chi connectivity index (χ1) is 4.79. The Bertz CT molecular complexity index is 203. The molecule has 0 unspecified atom stereocenters. The van der Waals surface area contributed by atoms with Gasteiger partial charge in [-0.3, -0.25) is 4.98 Å². The average molecular weight is 155 g/mol. The fourth-order valence-corrected chi connectivity index (χ4v) is 0.747. The summed E-state index contributed by atoms with van der Waals surface area (Å²) in [5.41, 5.74) is 1.09. The normalized spacial score (nSPS) is 7.60. The number of aryl methyl sites for hydroxylation is 1. The number of nitrogens with zero attached hydrogens (tertiary/aromatic N) is 2. The highest BCUT2D eigenvalue weighted by atomic mass is 35.5. The fourth-order valence-electron chi connectivity index (χ4n) is 0.518. The molecule has 1 heterocycles. The highest BCUT2D eigenvalue weighted by Gasteiger charge is 1.84. The second-order valence-electron chi connectivity index (χ2n) is 1.68. The standard InChI is InChI=1S/C6H6ClN.CHN/c1-5-2-6(7)4-8-3-5;1-2/h2-4H,1H3;1H. The third-order valence-corrected chi connectivity index (χ3v) is 1.05. The van der Waals surface area contributed by atoms with Crippen LogP contribution in [0.15, 0.2) is 18.5 Å². The van der Waals surface area contributed by atoms with E-state index < -0.39 is 0 Å². The first kappa shape index (κ1) is 8.93. The topological polar surface area (TPSA) is 36.7 Å². The van der Waals surface area contributed by atoms with Crippen LogP contribution in [0.5, 0.6) is 0 Å². The van der Waals surface area contributed by atoms with E-state index in [4.69, 9.17) is 16.9 Å². The molecule has 0 aromatic carbocycles. The van der Waals surface area contributed by atoms with Crippen molar-refractivity contribution in [1.82, 2.24) is 4.98 Å². The van der Waals surface area contributed by atoms with Gasteiger partial charge in [-0.2, -0.15) is 0 Å². The monoisotopic (exact) mass is 154 g/mol. The first-order valence-corrected chi connectivity index (χ1v) is 3.00. The molecular weight excluding hydrogens is 148 g/mol. The lowest BCUT2D eigenvalue weighted by atomic mass is 10.3. The van der Waals surface area contributed by atoms with Gasteiger partial charge in [0.05, 0.1) is 5.02 Å². The van der Waals surface area contributed by atoms with Gasteiger partial charge in [-0.25, -0.2) is 5.26 Å². The molecule has 1 aromatic rings. The summed E-state index contributed by atoms with van der Waals surface area (Å²) in [6.45, 7) is 5.46. The summed E-state index contributed by atoms with van der Waals surface area (Å²) in [6.07, 6.45) is 3.39. The van der Waals surface area contributed by atoms with Gasteiger partial charge in [0.2, 0.25) is 0 Å². The Morgan fingerprint density at radius 1 is 1.50 bits per heavy atom. The Hall–Kier alpha value is -1.07. The lowest BCUT2D eigenvalue weighted by Gasteiger charge is -1.88. The number of rotatable bonds is 0. The van der Waals surface area contributed by atoms with Gasteiger partial charge in [0, 0.05) is 19.0 Å². The third kappa shape index (κ3) is 3.06. The molecule has 0 amide bonds. The highest BCUT2D eigenvalue weighted by Crippen LogP contribution is 2.05. The molecule has 3 heteroatoms. The number of hydrogen-bond acceptors (Lipinski definition) is 2. The van der Waals surface area contributed by atoms with Crippen LogP contribution in [0.1, 0.15) is 5.56 Å². The molecule has 1 aromatic heterocycles. The van der Waals surface area contributed by atoms with Gasteiger partial charge in [-0.1, -0.05) is 11.6 Å². The van der Waals surface area contributed by atoms with Crippen molar-refractivity contribution in [3.63, 3.8) is 0 Å². The summed E-state index contributed by atoms with van der Waals surface area (Å²) in [7, 11) is 0. The largest absolute Gasteiger partial charge is 0.263 e. The number of nitriles is 1. The molecule has 0 N–H and O–H groups in total. The number of halogens is 1. The summed E-state index contributed by atoms with van der Waals surface area (Å²) in [5, 5.41) is 7.20. The molecule has 0 saturated carbocycles. The number of aromatic nitrogens is 1. The lowest BCUT2D eigenvalue weighted by molar-refractivity contribution is 1.27. The molecule has 52 valence electrons. The van der Waals surface area contributed by atoms with Gasteiger partial charge in [0.25, 0.3) is 0 Å². The molecule has 2 nitrogen and oxygen atoms in total. The Morgan fingerprint density at radius 3 is 2.40 bits per heavy atom. The Balaban J connectivity index is 0.000000371. The second kappa shape index (κ2) is 4.78. The molecule has 0 aliphatic heterocycles. The van der Waals surface area contributed by atoms with Crippen LogP contribution in [0.25, 0.3) is 0 Å². The fraction of sp³-hybridized carbons (Fsp3) is 0.143. The van der Waals surface area contributed by atoms with Gasteiger partial charge in [-0.15, -0.1) is 0 Å². The van der Waals surface area contributed by atoms with Crippen molar-refractivity contribution in [2.75, 3.05) is 0 Å². The van der Waals surface area contributed by atoms with Crippen LogP contribution >= 0.6 is 11.6 Å². The molecule has 10 heavy (non-hydrogen) atoms. The van der Waals surface area contributed by atoms with E-state index in [1.54, 1.807) is 12.4 Å². The van der Waals surface area contributed by atoms with Crippen LogP contribution in [0, 0.1) is 18.8 Å². The zero-order valence-corrected chi connectivity index (χ0v) is 6.34. The van der Waals surface area contributed by atoms with Crippen LogP contribution in [-0.4, -0.2) is 4.98 Å². The van der Waals surface area contributed by atoms with E-state index in [-0.39, 0.29) is 0 Å². The molecule has 1 rings (SSSR count). The Morgan fingerprint density at radius 2 is 2.10 bits per heavy atom. The van der Waals surface area contributed by atoms with Gasteiger partial charge in [-0.05, 0) is 18.6 Å². The van der Waals surface area contributed by atoms with E-state index >= 15 is 0 Å².